The maximum atomic E-state index is 12.2. The van der Waals surface area contributed by atoms with Crippen molar-refractivity contribution in [1.29, 1.82) is 0 Å². The summed E-state index contributed by atoms with van der Waals surface area (Å²) in [6.07, 6.45) is 0.664. The molecule has 1 atom stereocenters. The van der Waals surface area contributed by atoms with Crippen LogP contribution in [0.25, 0.3) is 0 Å². The zero-order valence-electron chi connectivity index (χ0n) is 13.2. The minimum absolute atomic E-state index is 0.0601. The van der Waals surface area contributed by atoms with Crippen LogP contribution in [0.15, 0.2) is 27.4 Å². The second kappa shape index (κ2) is 14.2. The second-order valence-electron chi connectivity index (χ2n) is 4.51. The van der Waals surface area contributed by atoms with Gasteiger partial charge in [-0.2, -0.15) is 0 Å². The number of halogens is 3. The Morgan fingerprint density at radius 1 is 1.38 bits per heavy atom. The van der Waals surface area contributed by atoms with Crippen LogP contribution in [0.2, 0.25) is 0 Å². The van der Waals surface area contributed by atoms with Crippen molar-refractivity contribution >= 4 is 18.3 Å². The number of alkyl halides is 2. The summed E-state index contributed by atoms with van der Waals surface area (Å²) >= 11 is 5.40. The molecule has 1 N–H and O–H groups in total. The number of ether oxygens (including phenoxy) is 1. The Morgan fingerprint density at radius 2 is 1.95 bits per heavy atom. The average Bonchev–Trinajstić information content (AvgIpc) is 2.45. The summed E-state index contributed by atoms with van der Waals surface area (Å²) in [6, 6.07) is 0. The van der Waals surface area contributed by atoms with Gasteiger partial charge in [0.05, 0.1) is 18.3 Å². The fourth-order valence-corrected chi connectivity index (χ4v) is 1.34. The van der Waals surface area contributed by atoms with Gasteiger partial charge in [0.25, 0.3) is 6.43 Å². The second-order valence-corrected chi connectivity index (χ2v) is 4.87. The molecule has 6 heteroatoms. The normalized spacial score (nSPS) is 13.0. The minimum atomic E-state index is -2.61. The topological polar surface area (TPSA) is 41.8 Å². The molecule has 0 aromatic heterocycles. The van der Waals surface area contributed by atoms with E-state index in [4.69, 9.17) is 21.4 Å². The van der Waals surface area contributed by atoms with Gasteiger partial charge in [-0.05, 0) is 33.4 Å². The van der Waals surface area contributed by atoms with Crippen LogP contribution < -0.4 is 0 Å². The van der Waals surface area contributed by atoms with E-state index in [2.05, 4.69) is 18.6 Å². The van der Waals surface area contributed by atoms with Gasteiger partial charge in [-0.15, -0.1) is 0 Å². The van der Waals surface area contributed by atoms with Crippen LogP contribution in [0.5, 0.6) is 0 Å². The summed E-state index contributed by atoms with van der Waals surface area (Å²) in [7, 11) is 0. The first kappa shape index (κ1) is 22.5. The molecule has 124 valence electrons. The van der Waals surface area contributed by atoms with Crippen molar-refractivity contribution in [2.24, 2.45) is 4.99 Å². The molecule has 0 spiro atoms. The monoisotopic (exact) mass is 325 g/mol. The zero-order chi connectivity index (χ0) is 16.8. The first-order valence-corrected chi connectivity index (χ1v) is 7.23. The van der Waals surface area contributed by atoms with Crippen LogP contribution >= 0.6 is 11.6 Å². The van der Waals surface area contributed by atoms with Crippen LogP contribution in [0.1, 0.15) is 40.5 Å². The molecule has 0 aliphatic heterocycles. The van der Waals surface area contributed by atoms with Crippen LogP contribution in [-0.4, -0.2) is 37.6 Å². The number of rotatable bonds is 8. The fourth-order valence-electron chi connectivity index (χ4n) is 1.20. The van der Waals surface area contributed by atoms with Crippen molar-refractivity contribution in [3.63, 3.8) is 0 Å². The molecule has 0 aromatic carbocycles. The highest BCUT2D eigenvalue weighted by Crippen LogP contribution is 2.20. The SMILES string of the molecule is C=N/C(Cl)=C(\C=C(C)C)C(F)F.CCCOC(CC)CO. The molecule has 0 saturated heterocycles. The summed E-state index contributed by atoms with van der Waals surface area (Å²) < 4.78 is 29.7. The fraction of sp³-hybridized carbons (Fsp3) is 0.667. The van der Waals surface area contributed by atoms with E-state index >= 15 is 0 Å². The van der Waals surface area contributed by atoms with Crippen LogP contribution in [0.3, 0.4) is 0 Å². The molecule has 0 amide bonds. The molecule has 0 aliphatic carbocycles. The number of nitrogens with zero attached hydrogens (tertiary/aromatic N) is 1. The molecule has 0 fully saturated rings. The lowest BCUT2D eigenvalue weighted by Gasteiger charge is -2.11. The highest BCUT2D eigenvalue weighted by molar-refractivity contribution is 6.30. The van der Waals surface area contributed by atoms with Gasteiger partial charge in [0.1, 0.15) is 5.16 Å². The van der Waals surface area contributed by atoms with Crippen molar-refractivity contribution in [2.45, 2.75) is 53.1 Å². The Labute approximate surface area is 131 Å². The number of aliphatic hydroxyl groups excluding tert-OH is 1. The predicted octanol–water partition coefficient (Wildman–Crippen LogP) is 4.55. The Kier molecular flexibility index (Phi) is 15.2. The van der Waals surface area contributed by atoms with E-state index in [9.17, 15) is 8.78 Å². The number of hydrogen-bond donors (Lipinski definition) is 1. The highest BCUT2D eigenvalue weighted by atomic mass is 35.5. The molecule has 0 aliphatic rings. The predicted molar refractivity (Wildman–Crippen MR) is 85.3 cm³/mol. The molecule has 0 heterocycles. The van der Waals surface area contributed by atoms with E-state index in [0.717, 1.165) is 25.0 Å². The van der Waals surface area contributed by atoms with E-state index in [-0.39, 0.29) is 23.4 Å². The highest BCUT2D eigenvalue weighted by Gasteiger charge is 2.12. The van der Waals surface area contributed by atoms with E-state index in [0.29, 0.717) is 0 Å². The zero-order valence-corrected chi connectivity index (χ0v) is 14.0. The maximum absolute atomic E-state index is 12.2. The summed E-state index contributed by atoms with van der Waals surface area (Å²) in [5.74, 6) is 0. The first-order chi connectivity index (χ1) is 9.83. The van der Waals surface area contributed by atoms with Crippen molar-refractivity contribution < 1.29 is 18.6 Å². The minimum Gasteiger partial charge on any atom is -0.394 e. The molecule has 0 bridgehead atoms. The number of hydrogen-bond acceptors (Lipinski definition) is 3. The van der Waals surface area contributed by atoms with Gasteiger partial charge in [0.2, 0.25) is 0 Å². The lowest BCUT2D eigenvalue weighted by Crippen LogP contribution is -2.16. The van der Waals surface area contributed by atoms with E-state index in [1.165, 1.54) is 6.08 Å². The van der Waals surface area contributed by atoms with Crippen LogP contribution in [0, 0.1) is 0 Å². The lowest BCUT2D eigenvalue weighted by atomic mass is 10.2. The van der Waals surface area contributed by atoms with E-state index < -0.39 is 6.43 Å². The third-order valence-corrected chi connectivity index (χ3v) is 2.61. The molecule has 3 nitrogen and oxygen atoms in total. The largest absolute Gasteiger partial charge is 0.394 e. The maximum Gasteiger partial charge on any atom is 0.266 e. The molecule has 1 unspecified atom stereocenters. The van der Waals surface area contributed by atoms with Crippen LogP contribution in [0.4, 0.5) is 8.78 Å². The number of aliphatic imine (C=N–C) groups is 1. The van der Waals surface area contributed by atoms with E-state index in [1.807, 2.05) is 6.92 Å². The number of aliphatic hydroxyl groups is 1. The molecule has 0 rings (SSSR count). The van der Waals surface area contributed by atoms with Crippen LogP contribution in [-0.2, 0) is 4.74 Å². The third kappa shape index (κ3) is 12.7. The molecular weight excluding hydrogens is 300 g/mol. The van der Waals surface area contributed by atoms with Gasteiger partial charge in [-0.3, -0.25) is 4.99 Å². The molecule has 0 aromatic rings. The third-order valence-electron chi connectivity index (χ3n) is 2.27. The summed E-state index contributed by atoms with van der Waals surface area (Å²) in [4.78, 5) is 3.23. The van der Waals surface area contributed by atoms with Gasteiger partial charge in [0.15, 0.2) is 0 Å². The Morgan fingerprint density at radius 3 is 2.24 bits per heavy atom. The first-order valence-electron chi connectivity index (χ1n) is 6.85. The molecule has 21 heavy (non-hydrogen) atoms. The van der Waals surface area contributed by atoms with Crippen molar-refractivity contribution in [3.8, 4) is 0 Å². The van der Waals surface area contributed by atoms with Crippen molar-refractivity contribution in [1.82, 2.24) is 0 Å². The van der Waals surface area contributed by atoms with E-state index in [1.54, 1.807) is 13.8 Å². The van der Waals surface area contributed by atoms with Gasteiger partial charge >= 0.3 is 0 Å². The Balaban J connectivity index is 0. The molecule has 0 radical (unpaired) electrons. The van der Waals surface area contributed by atoms with Crippen molar-refractivity contribution in [2.75, 3.05) is 13.2 Å². The van der Waals surface area contributed by atoms with Gasteiger partial charge in [0, 0.05) is 6.61 Å². The summed E-state index contributed by atoms with van der Waals surface area (Å²) in [6.45, 7) is 11.5. The summed E-state index contributed by atoms with van der Waals surface area (Å²) in [5, 5.41) is 8.38. The van der Waals surface area contributed by atoms with Crippen molar-refractivity contribution in [3.05, 3.63) is 22.4 Å². The molecular formula is C15H26ClF2NO2. The van der Waals surface area contributed by atoms with Gasteiger partial charge in [-0.25, -0.2) is 8.78 Å². The average molecular weight is 326 g/mol. The summed E-state index contributed by atoms with van der Waals surface area (Å²) in [5.41, 5.74) is 0.457. The number of allylic oxidation sites excluding steroid dienone is 3. The Bertz CT molecular complexity index is 337. The smallest absolute Gasteiger partial charge is 0.266 e. The quantitative estimate of drug-likeness (QED) is 0.404. The Hall–Kier alpha value is -0.780. The lowest BCUT2D eigenvalue weighted by molar-refractivity contribution is 0.0115. The van der Waals surface area contributed by atoms with Gasteiger partial charge in [-0.1, -0.05) is 37.1 Å². The molecule has 0 saturated carbocycles. The van der Waals surface area contributed by atoms with Gasteiger partial charge < -0.3 is 9.84 Å². The standard InChI is InChI=1S/C8H10ClF2N.C7H16O2/c1-5(2)4-6(8(10)11)7(9)12-3;1-3-5-9-7(4-2)6-8/h4,8H,3H2,1-2H3;7-8H,3-6H2,1-2H3/b7-6+;.